The van der Waals surface area contributed by atoms with Crippen LogP contribution in [0.5, 0.6) is 0 Å². The van der Waals surface area contributed by atoms with Crippen LogP contribution in [0.3, 0.4) is 0 Å². The van der Waals surface area contributed by atoms with Crippen molar-refractivity contribution in [2.75, 3.05) is 6.54 Å². The summed E-state index contributed by atoms with van der Waals surface area (Å²) >= 11 is 6.00. The Morgan fingerprint density at radius 3 is 2.36 bits per heavy atom. The Kier molecular flexibility index (Phi) is 6.22. The van der Waals surface area contributed by atoms with Crippen molar-refractivity contribution in [1.82, 2.24) is 9.88 Å². The summed E-state index contributed by atoms with van der Waals surface area (Å²) in [5.74, 6) is -0.899. The standard InChI is InChI=1S/C23H25ClN2O2/c1-15-6-4-5-7-18(15)12-13-25-14-21-16(2)26(17(3)22(21)23(27)28)20-10-8-19(24)9-11-20/h4-11,25H,12-14H2,1-3H3,(H,27,28). The number of carboxylic acids is 1. The number of aryl methyl sites for hydroxylation is 1. The van der Waals surface area contributed by atoms with E-state index in [0.29, 0.717) is 17.1 Å². The van der Waals surface area contributed by atoms with Gasteiger partial charge in [-0.2, -0.15) is 0 Å². The molecular weight excluding hydrogens is 372 g/mol. The summed E-state index contributed by atoms with van der Waals surface area (Å²) in [6.45, 7) is 7.22. The number of aromatic nitrogens is 1. The van der Waals surface area contributed by atoms with Gasteiger partial charge < -0.3 is 15.0 Å². The topological polar surface area (TPSA) is 54.3 Å². The molecule has 0 fully saturated rings. The molecule has 0 aliphatic rings. The molecule has 1 heterocycles. The minimum Gasteiger partial charge on any atom is -0.478 e. The number of carbonyl (C=O) groups is 1. The summed E-state index contributed by atoms with van der Waals surface area (Å²) < 4.78 is 1.98. The normalized spacial score (nSPS) is 11.0. The molecule has 0 aliphatic carbocycles. The lowest BCUT2D eigenvalue weighted by molar-refractivity contribution is 0.0695. The van der Waals surface area contributed by atoms with E-state index in [2.05, 4.69) is 24.4 Å². The van der Waals surface area contributed by atoms with Crippen LogP contribution in [0, 0.1) is 20.8 Å². The Hall–Kier alpha value is -2.56. The maximum atomic E-state index is 11.9. The van der Waals surface area contributed by atoms with Crippen LogP contribution in [0.25, 0.3) is 5.69 Å². The zero-order valence-electron chi connectivity index (χ0n) is 16.4. The first-order valence-corrected chi connectivity index (χ1v) is 9.73. The molecule has 0 saturated carbocycles. The molecule has 146 valence electrons. The summed E-state index contributed by atoms with van der Waals surface area (Å²) in [7, 11) is 0. The number of nitrogens with one attached hydrogen (secondary N) is 1. The summed E-state index contributed by atoms with van der Waals surface area (Å²) in [5.41, 5.74) is 6.34. The highest BCUT2D eigenvalue weighted by Gasteiger charge is 2.23. The van der Waals surface area contributed by atoms with Crippen molar-refractivity contribution in [2.45, 2.75) is 33.7 Å². The molecule has 0 aliphatic heterocycles. The number of nitrogens with zero attached hydrogens (tertiary/aromatic N) is 1. The Bertz CT molecular complexity index is 991. The highest BCUT2D eigenvalue weighted by molar-refractivity contribution is 6.30. The fourth-order valence-electron chi connectivity index (χ4n) is 3.70. The lowest BCUT2D eigenvalue weighted by atomic mass is 10.1. The monoisotopic (exact) mass is 396 g/mol. The molecule has 0 saturated heterocycles. The molecule has 28 heavy (non-hydrogen) atoms. The second kappa shape index (κ2) is 8.63. The van der Waals surface area contributed by atoms with Gasteiger partial charge >= 0.3 is 5.97 Å². The van der Waals surface area contributed by atoms with Gasteiger partial charge in [0.25, 0.3) is 0 Å². The van der Waals surface area contributed by atoms with Crippen molar-refractivity contribution in [3.8, 4) is 5.69 Å². The van der Waals surface area contributed by atoms with Crippen LogP contribution in [0.15, 0.2) is 48.5 Å². The van der Waals surface area contributed by atoms with Crippen molar-refractivity contribution in [1.29, 1.82) is 0 Å². The highest BCUT2D eigenvalue weighted by Crippen LogP contribution is 2.27. The van der Waals surface area contributed by atoms with Gasteiger partial charge in [-0.1, -0.05) is 35.9 Å². The molecule has 0 spiro atoms. The number of carboxylic acid groups (broad SMARTS) is 1. The van der Waals surface area contributed by atoms with Crippen molar-refractivity contribution in [3.63, 3.8) is 0 Å². The SMILES string of the molecule is Cc1ccccc1CCNCc1c(C(=O)O)c(C)n(-c2ccc(Cl)cc2)c1C. The first-order chi connectivity index (χ1) is 13.4. The number of aromatic carboxylic acids is 1. The summed E-state index contributed by atoms with van der Waals surface area (Å²) in [6.07, 6.45) is 0.908. The van der Waals surface area contributed by atoms with Crippen molar-refractivity contribution < 1.29 is 9.90 Å². The van der Waals surface area contributed by atoms with E-state index < -0.39 is 5.97 Å². The van der Waals surface area contributed by atoms with Crippen LogP contribution in [0.2, 0.25) is 5.02 Å². The van der Waals surface area contributed by atoms with Gasteiger partial charge in [0.05, 0.1) is 5.56 Å². The highest BCUT2D eigenvalue weighted by atomic mass is 35.5. The van der Waals surface area contributed by atoms with Crippen molar-refractivity contribution >= 4 is 17.6 Å². The van der Waals surface area contributed by atoms with Crippen LogP contribution in [0.4, 0.5) is 0 Å². The molecule has 3 aromatic rings. The van der Waals surface area contributed by atoms with Crippen molar-refractivity contribution in [3.05, 3.63) is 87.2 Å². The van der Waals surface area contributed by atoms with Crippen LogP contribution < -0.4 is 5.32 Å². The maximum Gasteiger partial charge on any atom is 0.337 e. The zero-order valence-corrected chi connectivity index (χ0v) is 17.2. The number of hydrogen-bond donors (Lipinski definition) is 2. The van der Waals surface area contributed by atoms with E-state index in [0.717, 1.165) is 35.6 Å². The molecule has 1 aromatic heterocycles. The molecule has 5 heteroatoms. The van der Waals surface area contributed by atoms with E-state index in [1.165, 1.54) is 11.1 Å². The average molecular weight is 397 g/mol. The fraction of sp³-hybridized carbons (Fsp3) is 0.261. The van der Waals surface area contributed by atoms with E-state index >= 15 is 0 Å². The van der Waals surface area contributed by atoms with E-state index in [-0.39, 0.29) is 0 Å². The first-order valence-electron chi connectivity index (χ1n) is 9.35. The molecule has 4 nitrogen and oxygen atoms in total. The van der Waals surface area contributed by atoms with Crippen LogP contribution in [-0.4, -0.2) is 22.2 Å². The second-order valence-corrected chi connectivity index (χ2v) is 7.43. The second-order valence-electron chi connectivity index (χ2n) is 6.99. The molecule has 0 unspecified atom stereocenters. The van der Waals surface area contributed by atoms with Gasteiger partial charge in [-0.05, 0) is 69.1 Å². The van der Waals surface area contributed by atoms with Crippen molar-refractivity contribution in [2.24, 2.45) is 0 Å². The summed E-state index contributed by atoms with van der Waals surface area (Å²) in [5, 5.41) is 13.9. The Morgan fingerprint density at radius 2 is 1.71 bits per heavy atom. The van der Waals surface area contributed by atoms with Crippen LogP contribution in [0.1, 0.15) is 38.4 Å². The predicted octanol–water partition coefficient (Wildman–Crippen LogP) is 5.09. The molecule has 0 radical (unpaired) electrons. The van der Waals surface area contributed by atoms with E-state index in [9.17, 15) is 9.90 Å². The third-order valence-corrected chi connectivity index (χ3v) is 5.46. The molecule has 0 bridgehead atoms. The minimum absolute atomic E-state index is 0.371. The van der Waals surface area contributed by atoms with E-state index in [1.807, 2.05) is 54.8 Å². The smallest absolute Gasteiger partial charge is 0.337 e. The number of halogens is 1. The van der Waals surface area contributed by atoms with Gasteiger partial charge in [-0.15, -0.1) is 0 Å². The molecular formula is C23H25ClN2O2. The van der Waals surface area contributed by atoms with Gasteiger partial charge in [0.2, 0.25) is 0 Å². The van der Waals surface area contributed by atoms with Gasteiger partial charge in [0.1, 0.15) is 0 Å². The van der Waals surface area contributed by atoms with E-state index in [1.54, 1.807) is 0 Å². The largest absolute Gasteiger partial charge is 0.478 e. The van der Waals surface area contributed by atoms with Gasteiger partial charge in [0.15, 0.2) is 0 Å². The number of rotatable bonds is 7. The quantitative estimate of drug-likeness (QED) is 0.547. The lowest BCUT2D eigenvalue weighted by Crippen LogP contribution is -2.19. The molecule has 3 rings (SSSR count). The zero-order chi connectivity index (χ0) is 20.3. The molecule has 0 amide bonds. The van der Waals surface area contributed by atoms with Gasteiger partial charge in [-0.25, -0.2) is 4.79 Å². The van der Waals surface area contributed by atoms with Gasteiger partial charge in [0, 0.05) is 34.2 Å². The Morgan fingerprint density at radius 1 is 1.04 bits per heavy atom. The molecule has 0 atom stereocenters. The molecule has 2 N–H and O–H groups in total. The number of benzene rings is 2. The Balaban J connectivity index is 1.82. The lowest BCUT2D eigenvalue weighted by Gasteiger charge is -2.10. The van der Waals surface area contributed by atoms with Gasteiger partial charge in [-0.3, -0.25) is 0 Å². The average Bonchev–Trinajstić information content (AvgIpc) is 2.91. The third-order valence-electron chi connectivity index (χ3n) is 5.20. The minimum atomic E-state index is -0.899. The summed E-state index contributed by atoms with van der Waals surface area (Å²) in [4.78, 5) is 11.9. The maximum absolute atomic E-state index is 11.9. The van der Waals surface area contributed by atoms with Crippen LogP contribution >= 0.6 is 11.6 Å². The molecule has 2 aromatic carbocycles. The third kappa shape index (κ3) is 4.13. The number of hydrogen-bond acceptors (Lipinski definition) is 2. The van der Waals surface area contributed by atoms with Crippen LogP contribution in [-0.2, 0) is 13.0 Å². The predicted molar refractivity (Wildman–Crippen MR) is 114 cm³/mol. The fourth-order valence-corrected chi connectivity index (χ4v) is 3.83. The first kappa shape index (κ1) is 20.2. The summed E-state index contributed by atoms with van der Waals surface area (Å²) in [6, 6.07) is 15.8. The Labute approximate surface area is 170 Å². The van der Waals surface area contributed by atoms with E-state index in [4.69, 9.17) is 11.6 Å².